The number of carbonyl (C=O) groups excluding carboxylic acids is 7. The van der Waals surface area contributed by atoms with Gasteiger partial charge in [-0.05, 0) is 51.5 Å². The van der Waals surface area contributed by atoms with Gasteiger partial charge in [-0.2, -0.15) is 0 Å². The first-order chi connectivity index (χ1) is 26.2. The van der Waals surface area contributed by atoms with Gasteiger partial charge >= 0.3 is 5.97 Å². The molecule has 20 N–H and O–H groups in total. The maximum atomic E-state index is 13.7. The van der Waals surface area contributed by atoms with Gasteiger partial charge in [0.1, 0.15) is 42.3 Å². The van der Waals surface area contributed by atoms with E-state index in [-0.39, 0.29) is 31.8 Å². The minimum Gasteiger partial charge on any atom is -0.480 e. The van der Waals surface area contributed by atoms with Crippen molar-refractivity contribution in [2.24, 2.45) is 28.9 Å². The molecule has 56 heavy (non-hydrogen) atoms. The lowest BCUT2D eigenvalue weighted by Crippen LogP contribution is -2.62. The Labute approximate surface area is 323 Å². The molecule has 0 saturated carbocycles. The Balaban J connectivity index is 6.25. The van der Waals surface area contributed by atoms with Gasteiger partial charge in [-0.25, -0.2) is 4.79 Å². The summed E-state index contributed by atoms with van der Waals surface area (Å²) in [7, 11) is 0. The molecule has 24 nitrogen and oxygen atoms in total. The number of aliphatic hydroxyl groups is 3. The molecule has 0 aliphatic rings. The molecule has 9 atom stereocenters. The van der Waals surface area contributed by atoms with E-state index < -0.39 is 121 Å². The van der Waals surface area contributed by atoms with Gasteiger partial charge in [0.05, 0.1) is 25.7 Å². The summed E-state index contributed by atoms with van der Waals surface area (Å²) in [6, 6.07) is -10.8. The molecule has 0 heterocycles. The number of nitrogens with one attached hydrogen (secondary N) is 8. The number of carboxylic acid groups (broad SMARTS) is 1. The standard InChI is InChI=1S/C32H60N12O12/c1-4-15(2)23(29(53)40-19(31(55)56)8-5-6-10-33)43-26(50)18(9-7-11-38-32(36)37)39-28(52)21(14-46)42-27(51)20(12-22(35)48)41-30(54)24(16(3)47)44-25(49)17(34)13-45/h15-21,23-24,45-47H,4-14,33-34H2,1-3H3,(H2,35,48)(H,39,52)(H,40,53)(H,41,54)(H,42,51)(H,43,50)(H,44,49)(H,55,56)(H4,36,37,38)/t15-,16+,17-,18-,19-,20-,21-,23-,24-/m0/s1. The fourth-order valence-corrected chi connectivity index (χ4v) is 4.92. The Bertz CT molecular complexity index is 1350. The van der Waals surface area contributed by atoms with Gasteiger partial charge in [-0.15, -0.1) is 0 Å². The smallest absolute Gasteiger partial charge is 0.326 e. The Kier molecular flexibility index (Phi) is 24.1. The average Bonchev–Trinajstić information content (AvgIpc) is 3.13. The van der Waals surface area contributed by atoms with Crippen LogP contribution in [-0.2, 0) is 38.4 Å². The quantitative estimate of drug-likeness (QED) is 0.0198. The highest BCUT2D eigenvalue weighted by atomic mass is 16.4. The average molecular weight is 805 g/mol. The van der Waals surface area contributed by atoms with Crippen LogP contribution in [0, 0.1) is 11.3 Å². The maximum absolute atomic E-state index is 13.7. The molecule has 0 aromatic rings. The molecule has 0 rings (SSSR count). The summed E-state index contributed by atoms with van der Waals surface area (Å²) >= 11 is 0. The van der Waals surface area contributed by atoms with E-state index in [1.807, 2.05) is 0 Å². The molecule has 0 radical (unpaired) electrons. The third-order valence-corrected chi connectivity index (χ3v) is 8.42. The number of amides is 7. The van der Waals surface area contributed by atoms with Crippen molar-refractivity contribution in [3.05, 3.63) is 0 Å². The number of guanidine groups is 1. The summed E-state index contributed by atoms with van der Waals surface area (Å²) in [6.07, 6.45) is -1.06. The number of rotatable bonds is 28. The van der Waals surface area contributed by atoms with Crippen molar-refractivity contribution in [3.63, 3.8) is 0 Å². The van der Waals surface area contributed by atoms with Gasteiger partial charge in [0, 0.05) is 6.54 Å². The van der Waals surface area contributed by atoms with E-state index in [1.165, 1.54) is 0 Å². The second-order valence-corrected chi connectivity index (χ2v) is 13.1. The SMILES string of the molecule is CC[C@H](C)[C@H](NC(=O)[C@H](CCCNC(=N)N)NC(=O)[C@H](CO)NC(=O)[C@H](CC(N)=O)NC(=O)[C@@H](NC(=O)[C@@H](N)CO)[C@@H](C)O)C(=O)N[C@@H](CCCCN)C(=O)O. The topological polar surface area (TPSA) is 430 Å². The highest BCUT2D eigenvalue weighted by Crippen LogP contribution is 2.11. The number of carboxylic acids is 1. The normalized spacial score (nSPS) is 15.8. The molecule has 0 aliphatic carbocycles. The minimum absolute atomic E-state index is 0.0713. The van der Waals surface area contributed by atoms with Crippen LogP contribution in [0.2, 0.25) is 0 Å². The van der Waals surface area contributed by atoms with Crippen molar-refractivity contribution in [2.75, 3.05) is 26.3 Å². The van der Waals surface area contributed by atoms with Crippen LogP contribution in [-0.4, -0.2) is 148 Å². The van der Waals surface area contributed by atoms with Crippen LogP contribution in [0.25, 0.3) is 0 Å². The Morgan fingerprint density at radius 2 is 1.16 bits per heavy atom. The Hall–Kier alpha value is -5.17. The molecule has 24 heteroatoms. The van der Waals surface area contributed by atoms with Crippen LogP contribution in [0.3, 0.4) is 0 Å². The number of carbonyl (C=O) groups is 8. The molecular weight excluding hydrogens is 744 g/mol. The van der Waals surface area contributed by atoms with E-state index in [1.54, 1.807) is 13.8 Å². The maximum Gasteiger partial charge on any atom is 0.326 e. The number of unbranched alkanes of at least 4 members (excludes halogenated alkanes) is 1. The van der Waals surface area contributed by atoms with E-state index in [0.29, 0.717) is 25.8 Å². The number of nitrogens with two attached hydrogens (primary N) is 4. The van der Waals surface area contributed by atoms with Crippen LogP contribution in [0.1, 0.15) is 65.7 Å². The fraction of sp³-hybridized carbons (Fsp3) is 0.719. The van der Waals surface area contributed by atoms with Crippen molar-refractivity contribution in [1.82, 2.24) is 37.2 Å². The van der Waals surface area contributed by atoms with E-state index in [2.05, 4.69) is 37.2 Å². The summed E-state index contributed by atoms with van der Waals surface area (Å²) < 4.78 is 0. The molecule has 0 unspecified atom stereocenters. The van der Waals surface area contributed by atoms with Crippen molar-refractivity contribution in [2.45, 2.75) is 114 Å². The molecular formula is C32H60N12O12. The van der Waals surface area contributed by atoms with Crippen LogP contribution in [0.5, 0.6) is 0 Å². The van der Waals surface area contributed by atoms with Crippen LogP contribution >= 0.6 is 0 Å². The third kappa shape index (κ3) is 18.9. The second kappa shape index (κ2) is 26.6. The van der Waals surface area contributed by atoms with Gasteiger partial charge in [0.25, 0.3) is 0 Å². The lowest BCUT2D eigenvalue weighted by Gasteiger charge is -2.29. The Morgan fingerprint density at radius 1 is 0.661 bits per heavy atom. The number of primary amides is 1. The molecule has 0 aromatic heterocycles. The van der Waals surface area contributed by atoms with Crippen molar-refractivity contribution >= 4 is 53.3 Å². The Morgan fingerprint density at radius 3 is 1.66 bits per heavy atom. The van der Waals surface area contributed by atoms with E-state index in [9.17, 15) is 53.7 Å². The van der Waals surface area contributed by atoms with Crippen molar-refractivity contribution < 1.29 is 58.8 Å². The number of hydrogen-bond donors (Lipinski definition) is 16. The van der Waals surface area contributed by atoms with Gasteiger partial charge in [-0.3, -0.25) is 39.0 Å². The fourth-order valence-electron chi connectivity index (χ4n) is 4.92. The first kappa shape index (κ1) is 50.8. The third-order valence-electron chi connectivity index (χ3n) is 8.42. The zero-order valence-corrected chi connectivity index (χ0v) is 31.8. The van der Waals surface area contributed by atoms with E-state index in [4.69, 9.17) is 33.5 Å². The van der Waals surface area contributed by atoms with Crippen molar-refractivity contribution in [1.29, 1.82) is 5.41 Å². The molecule has 0 spiro atoms. The zero-order chi connectivity index (χ0) is 43.1. The van der Waals surface area contributed by atoms with Crippen molar-refractivity contribution in [3.8, 4) is 0 Å². The summed E-state index contributed by atoms with van der Waals surface area (Å²) in [5.74, 6) is -9.57. The lowest BCUT2D eigenvalue weighted by molar-refractivity contribution is -0.143. The largest absolute Gasteiger partial charge is 0.480 e. The van der Waals surface area contributed by atoms with Crippen LogP contribution in [0.4, 0.5) is 0 Å². The summed E-state index contributed by atoms with van der Waals surface area (Å²) in [5.41, 5.74) is 21.5. The summed E-state index contributed by atoms with van der Waals surface area (Å²) in [6.45, 7) is 3.00. The summed E-state index contributed by atoms with van der Waals surface area (Å²) in [5, 5.41) is 62.5. The van der Waals surface area contributed by atoms with Gasteiger partial charge in [-0.1, -0.05) is 20.3 Å². The predicted octanol–water partition coefficient (Wildman–Crippen LogP) is -7.01. The number of hydrogen-bond acceptors (Lipinski definition) is 14. The molecule has 0 saturated heterocycles. The van der Waals surface area contributed by atoms with Gasteiger partial charge in [0.2, 0.25) is 41.4 Å². The zero-order valence-electron chi connectivity index (χ0n) is 31.8. The van der Waals surface area contributed by atoms with E-state index >= 15 is 0 Å². The summed E-state index contributed by atoms with van der Waals surface area (Å²) in [4.78, 5) is 102. The molecule has 0 bridgehead atoms. The number of aliphatic hydroxyl groups excluding tert-OH is 3. The van der Waals surface area contributed by atoms with Crippen LogP contribution < -0.4 is 60.2 Å². The molecule has 0 fully saturated rings. The molecule has 7 amide bonds. The second-order valence-electron chi connectivity index (χ2n) is 13.1. The molecule has 0 aromatic carbocycles. The van der Waals surface area contributed by atoms with Gasteiger partial charge < -0.3 is 80.6 Å². The van der Waals surface area contributed by atoms with Gasteiger partial charge in [0.15, 0.2) is 5.96 Å². The minimum atomic E-state index is -1.82. The molecule has 0 aliphatic heterocycles. The monoisotopic (exact) mass is 804 g/mol. The highest BCUT2D eigenvalue weighted by Gasteiger charge is 2.35. The first-order valence-corrected chi connectivity index (χ1v) is 18.0. The predicted molar refractivity (Wildman–Crippen MR) is 198 cm³/mol. The number of aliphatic carboxylic acids is 1. The van der Waals surface area contributed by atoms with Crippen LogP contribution in [0.15, 0.2) is 0 Å². The lowest BCUT2D eigenvalue weighted by atomic mass is 9.96. The molecule has 320 valence electrons. The first-order valence-electron chi connectivity index (χ1n) is 18.0. The van der Waals surface area contributed by atoms with E-state index in [0.717, 1.165) is 6.92 Å². The highest BCUT2D eigenvalue weighted by molar-refractivity contribution is 5.98.